The first-order valence-electron chi connectivity index (χ1n) is 9.16. The van der Waals surface area contributed by atoms with Crippen molar-refractivity contribution in [2.45, 2.75) is 96.2 Å². The topological polar surface area (TPSA) is 48.0 Å². The van der Waals surface area contributed by atoms with Gasteiger partial charge >= 0.3 is 0 Å². The van der Waals surface area contributed by atoms with E-state index < -0.39 is 14.1 Å². The number of nitrogens with zero attached hydrogens (tertiary/aromatic N) is 1. The molecule has 3 rings (SSSR count). The van der Waals surface area contributed by atoms with Crippen molar-refractivity contribution in [1.82, 2.24) is 4.90 Å². The van der Waals surface area contributed by atoms with Crippen LogP contribution < -0.4 is 0 Å². The van der Waals surface area contributed by atoms with Gasteiger partial charge in [-0.05, 0) is 38.4 Å². The minimum atomic E-state index is -1.92. The number of hydrogen-bond acceptors (Lipinski definition) is 4. The highest BCUT2D eigenvalue weighted by Gasteiger charge is 2.59. The van der Waals surface area contributed by atoms with Crippen LogP contribution in [0.5, 0.6) is 0 Å². The maximum Gasteiger partial charge on any atom is 0.226 e. The van der Waals surface area contributed by atoms with Gasteiger partial charge in [0, 0.05) is 5.92 Å². The first kappa shape index (κ1) is 18.4. The van der Waals surface area contributed by atoms with Crippen molar-refractivity contribution in [2.24, 2.45) is 5.92 Å². The Morgan fingerprint density at radius 2 is 1.88 bits per heavy atom. The summed E-state index contributed by atoms with van der Waals surface area (Å²) in [5.41, 5.74) is 0. The first-order chi connectivity index (χ1) is 10.8. The second-order valence-electron chi connectivity index (χ2n) is 9.67. The van der Waals surface area contributed by atoms with E-state index in [1.807, 2.05) is 25.7 Å². The van der Waals surface area contributed by atoms with E-state index in [4.69, 9.17) is 13.9 Å². The predicted octanol–water partition coefficient (Wildman–Crippen LogP) is 3.15. The van der Waals surface area contributed by atoms with Gasteiger partial charge in [-0.3, -0.25) is 4.79 Å². The predicted molar refractivity (Wildman–Crippen MR) is 95.2 cm³/mol. The van der Waals surface area contributed by atoms with E-state index in [1.165, 1.54) is 0 Å². The van der Waals surface area contributed by atoms with Gasteiger partial charge in [0.05, 0.1) is 18.7 Å². The monoisotopic (exact) mass is 355 g/mol. The molecule has 0 unspecified atom stereocenters. The Morgan fingerprint density at radius 1 is 1.25 bits per heavy atom. The van der Waals surface area contributed by atoms with E-state index in [1.54, 1.807) is 0 Å². The van der Waals surface area contributed by atoms with Crippen molar-refractivity contribution in [3.63, 3.8) is 0 Å². The van der Waals surface area contributed by atoms with Gasteiger partial charge in [-0.2, -0.15) is 0 Å². The van der Waals surface area contributed by atoms with E-state index in [-0.39, 0.29) is 41.2 Å². The van der Waals surface area contributed by atoms with E-state index in [2.05, 4.69) is 33.9 Å². The minimum Gasteiger partial charge on any atom is -0.412 e. The number of fused-ring (bicyclic) bond motifs is 3. The Labute approximate surface area is 147 Å². The number of carbonyl (C=O) groups is 1. The molecule has 0 N–H and O–H groups in total. The van der Waals surface area contributed by atoms with Gasteiger partial charge in [0.25, 0.3) is 0 Å². The van der Waals surface area contributed by atoms with Crippen LogP contribution in [-0.2, 0) is 18.7 Å². The number of piperidine rings is 1. The minimum absolute atomic E-state index is 0.00264. The molecule has 3 saturated heterocycles. The molecule has 0 spiro atoms. The Bertz CT molecular complexity index is 528. The van der Waals surface area contributed by atoms with Crippen molar-refractivity contribution in [3.05, 3.63) is 0 Å². The summed E-state index contributed by atoms with van der Waals surface area (Å²) in [6, 6.07) is -0.0189. The smallest absolute Gasteiger partial charge is 0.226 e. The zero-order valence-electron chi connectivity index (χ0n) is 16.4. The summed E-state index contributed by atoms with van der Waals surface area (Å²) >= 11 is 0. The van der Waals surface area contributed by atoms with Gasteiger partial charge in [-0.1, -0.05) is 27.7 Å². The van der Waals surface area contributed by atoms with Gasteiger partial charge in [0.2, 0.25) is 5.91 Å². The summed E-state index contributed by atoms with van der Waals surface area (Å²) in [6.45, 7) is 17.9. The Hall–Kier alpha value is -0.433. The highest BCUT2D eigenvalue weighted by Crippen LogP contribution is 2.45. The van der Waals surface area contributed by atoms with Crippen LogP contribution >= 0.6 is 0 Å². The van der Waals surface area contributed by atoms with Crippen molar-refractivity contribution in [2.75, 3.05) is 6.54 Å². The summed E-state index contributed by atoms with van der Waals surface area (Å²) in [5, 5.41) is 0.146. The van der Waals surface area contributed by atoms with Crippen molar-refractivity contribution >= 4 is 14.2 Å². The lowest BCUT2D eigenvalue weighted by molar-refractivity contribution is -0.178. The van der Waals surface area contributed by atoms with E-state index in [0.717, 1.165) is 6.42 Å². The fraction of sp³-hybridized carbons (Fsp3) is 0.944. The standard InChI is InChI=1S/C18H33NO4Si/c1-11-9-12(23-24(7,8)17(2,3)4)14-15-13(10-19(14)16(11)20)21-18(5,6)22-15/h11-15H,9-10H2,1-8H3/t11-,12+,13+,14+,15+/m0/s1. The van der Waals surface area contributed by atoms with Gasteiger partial charge in [-0.25, -0.2) is 0 Å². The Kier molecular flexibility index (Phi) is 4.23. The molecular formula is C18H33NO4Si. The molecule has 5 atom stereocenters. The molecule has 0 saturated carbocycles. The van der Waals surface area contributed by atoms with Crippen molar-refractivity contribution in [3.8, 4) is 0 Å². The summed E-state index contributed by atoms with van der Waals surface area (Å²) in [6.07, 6.45) is 0.696. The van der Waals surface area contributed by atoms with E-state index in [0.29, 0.717) is 6.54 Å². The summed E-state index contributed by atoms with van der Waals surface area (Å²) in [4.78, 5) is 14.6. The fourth-order valence-electron chi connectivity index (χ4n) is 3.98. The molecule has 0 bridgehead atoms. The molecule has 0 aromatic heterocycles. The molecule has 3 heterocycles. The lowest BCUT2D eigenvalue weighted by Crippen LogP contribution is -2.59. The van der Waals surface area contributed by atoms with Crippen LogP contribution in [0.4, 0.5) is 0 Å². The van der Waals surface area contributed by atoms with Gasteiger partial charge < -0.3 is 18.8 Å². The van der Waals surface area contributed by atoms with Crippen LogP contribution in [0.1, 0.15) is 48.0 Å². The molecule has 3 fully saturated rings. The number of amides is 1. The first-order valence-corrected chi connectivity index (χ1v) is 12.1. The van der Waals surface area contributed by atoms with Crippen molar-refractivity contribution in [1.29, 1.82) is 0 Å². The van der Waals surface area contributed by atoms with Crippen LogP contribution in [0, 0.1) is 5.92 Å². The summed E-state index contributed by atoms with van der Waals surface area (Å²) in [5.74, 6) is -0.355. The van der Waals surface area contributed by atoms with Crippen LogP contribution in [0.25, 0.3) is 0 Å². The molecule has 5 nitrogen and oxygen atoms in total. The quantitative estimate of drug-likeness (QED) is 0.714. The van der Waals surface area contributed by atoms with Crippen LogP contribution in [0.2, 0.25) is 18.1 Å². The molecule has 3 aliphatic rings. The lowest BCUT2D eigenvalue weighted by atomic mass is 9.90. The van der Waals surface area contributed by atoms with Crippen LogP contribution in [0.3, 0.4) is 0 Å². The Balaban J connectivity index is 1.87. The number of rotatable bonds is 2. The van der Waals surface area contributed by atoms with Crippen LogP contribution in [0.15, 0.2) is 0 Å². The molecular weight excluding hydrogens is 322 g/mol. The number of carbonyl (C=O) groups excluding carboxylic acids is 1. The molecule has 0 radical (unpaired) electrons. The van der Waals surface area contributed by atoms with Gasteiger partial charge in [0.1, 0.15) is 12.2 Å². The van der Waals surface area contributed by atoms with Gasteiger partial charge in [-0.15, -0.1) is 0 Å². The van der Waals surface area contributed by atoms with Gasteiger partial charge in [0.15, 0.2) is 14.1 Å². The third kappa shape index (κ3) is 2.95. The zero-order valence-corrected chi connectivity index (χ0v) is 17.4. The average Bonchev–Trinajstić information content (AvgIpc) is 2.85. The molecule has 1 amide bonds. The number of hydrogen-bond donors (Lipinski definition) is 0. The summed E-state index contributed by atoms with van der Waals surface area (Å²) < 4.78 is 19.0. The number of ether oxygens (including phenoxy) is 2. The third-order valence-corrected chi connectivity index (χ3v) is 10.7. The van der Waals surface area contributed by atoms with E-state index in [9.17, 15) is 4.79 Å². The second-order valence-corrected chi connectivity index (χ2v) is 14.4. The van der Waals surface area contributed by atoms with Crippen LogP contribution in [-0.4, -0.2) is 55.8 Å². The summed E-state index contributed by atoms with van der Waals surface area (Å²) in [7, 11) is -1.92. The molecule has 0 aromatic rings. The lowest BCUT2D eigenvalue weighted by Gasteiger charge is -2.47. The van der Waals surface area contributed by atoms with E-state index >= 15 is 0 Å². The molecule has 24 heavy (non-hydrogen) atoms. The van der Waals surface area contributed by atoms with Crippen molar-refractivity contribution < 1.29 is 18.7 Å². The second kappa shape index (κ2) is 5.53. The normalized spacial score (nSPS) is 39.1. The molecule has 0 aliphatic carbocycles. The largest absolute Gasteiger partial charge is 0.412 e. The highest BCUT2D eigenvalue weighted by molar-refractivity contribution is 6.74. The SMILES string of the molecule is C[C@H]1C[C@@H](O[Si](C)(C)C(C)(C)C)[C@@H]2[C@@H]3OC(C)(C)O[C@@H]3CN2C1=O. The Morgan fingerprint density at radius 3 is 2.46 bits per heavy atom. The zero-order chi connectivity index (χ0) is 18.1. The fourth-order valence-corrected chi connectivity index (χ4v) is 5.33. The molecule has 138 valence electrons. The third-order valence-electron chi connectivity index (χ3n) is 6.22. The average molecular weight is 356 g/mol. The molecule has 3 aliphatic heterocycles. The molecule has 6 heteroatoms. The molecule has 0 aromatic carbocycles. The maximum atomic E-state index is 12.7. The highest BCUT2D eigenvalue weighted by atomic mass is 28.4. The maximum absolute atomic E-state index is 12.7.